The van der Waals surface area contributed by atoms with Crippen LogP contribution in [0, 0.1) is 11.8 Å². The number of rotatable bonds is 5. The fourth-order valence-corrected chi connectivity index (χ4v) is 2.40. The van der Waals surface area contributed by atoms with Gasteiger partial charge >= 0.3 is 5.97 Å². The monoisotopic (exact) mass is 293 g/mol. The van der Waals surface area contributed by atoms with Crippen LogP contribution in [0.3, 0.4) is 0 Å². The van der Waals surface area contributed by atoms with Gasteiger partial charge in [-0.05, 0) is 30.2 Å². The summed E-state index contributed by atoms with van der Waals surface area (Å²) in [7, 11) is 1.58. The molecule has 1 aromatic carbocycles. The van der Waals surface area contributed by atoms with Crippen molar-refractivity contribution in [2.45, 2.75) is 6.92 Å². The van der Waals surface area contributed by atoms with Gasteiger partial charge in [-0.1, -0.05) is 6.92 Å². The number of nitrogens with zero attached hydrogens (tertiary/aromatic N) is 1. The summed E-state index contributed by atoms with van der Waals surface area (Å²) < 4.78 is 10.5. The zero-order valence-electron chi connectivity index (χ0n) is 12.1. The molecule has 1 amide bonds. The number of carbonyl (C=O) groups is 2. The van der Waals surface area contributed by atoms with Crippen molar-refractivity contribution in [1.82, 2.24) is 4.90 Å². The van der Waals surface area contributed by atoms with Crippen LogP contribution in [0.1, 0.15) is 6.92 Å². The number of carboxylic acid groups (broad SMARTS) is 1. The largest absolute Gasteiger partial charge is 0.497 e. The van der Waals surface area contributed by atoms with Crippen LogP contribution in [0.15, 0.2) is 24.3 Å². The maximum absolute atomic E-state index is 12.0. The number of likely N-dealkylation sites (tertiary alicyclic amines) is 1. The molecule has 1 fully saturated rings. The fourth-order valence-electron chi connectivity index (χ4n) is 2.40. The summed E-state index contributed by atoms with van der Waals surface area (Å²) in [5, 5.41) is 9.06. The summed E-state index contributed by atoms with van der Waals surface area (Å²) in [5.41, 5.74) is 0. The van der Waals surface area contributed by atoms with Gasteiger partial charge < -0.3 is 19.5 Å². The topological polar surface area (TPSA) is 76.1 Å². The Morgan fingerprint density at radius 1 is 1.24 bits per heavy atom. The minimum atomic E-state index is -0.853. The number of carbonyl (C=O) groups excluding carboxylic acids is 1. The van der Waals surface area contributed by atoms with E-state index in [-0.39, 0.29) is 25.0 Å². The van der Waals surface area contributed by atoms with E-state index in [2.05, 4.69) is 0 Å². The average molecular weight is 293 g/mol. The maximum Gasteiger partial charge on any atom is 0.308 e. The van der Waals surface area contributed by atoms with Gasteiger partial charge in [0.15, 0.2) is 6.61 Å². The number of hydrogen-bond acceptors (Lipinski definition) is 4. The molecule has 2 atom stereocenters. The highest BCUT2D eigenvalue weighted by atomic mass is 16.5. The first kappa shape index (κ1) is 15.2. The van der Waals surface area contributed by atoms with Crippen molar-refractivity contribution in [3.63, 3.8) is 0 Å². The number of aliphatic carboxylic acids is 1. The van der Waals surface area contributed by atoms with Crippen LogP contribution >= 0.6 is 0 Å². The van der Waals surface area contributed by atoms with E-state index in [0.717, 1.165) is 0 Å². The standard InChI is InChI=1S/C15H19NO5/c1-10-7-16(8-13(10)15(18)19)14(17)9-21-12-5-3-11(20-2)4-6-12/h3-6,10,13H,7-9H2,1-2H3,(H,18,19). The third-order valence-electron chi connectivity index (χ3n) is 3.70. The SMILES string of the molecule is COc1ccc(OCC(=O)N2CC(C)C(C(=O)O)C2)cc1. The molecule has 1 saturated heterocycles. The Hall–Kier alpha value is -2.24. The van der Waals surface area contributed by atoms with E-state index in [0.29, 0.717) is 18.0 Å². The molecule has 6 heteroatoms. The van der Waals surface area contributed by atoms with Crippen LogP contribution in [0.4, 0.5) is 0 Å². The van der Waals surface area contributed by atoms with Crippen LogP contribution in [0.25, 0.3) is 0 Å². The first-order chi connectivity index (χ1) is 10.0. The zero-order valence-corrected chi connectivity index (χ0v) is 12.1. The summed E-state index contributed by atoms with van der Waals surface area (Å²) in [6.45, 7) is 2.46. The van der Waals surface area contributed by atoms with Crippen LogP contribution in [0.2, 0.25) is 0 Å². The van der Waals surface area contributed by atoms with Crippen LogP contribution < -0.4 is 9.47 Å². The second-order valence-electron chi connectivity index (χ2n) is 5.18. The van der Waals surface area contributed by atoms with E-state index in [1.165, 1.54) is 0 Å². The number of hydrogen-bond donors (Lipinski definition) is 1. The van der Waals surface area contributed by atoms with Crippen molar-refractivity contribution in [2.75, 3.05) is 26.8 Å². The molecule has 21 heavy (non-hydrogen) atoms. The zero-order chi connectivity index (χ0) is 15.4. The van der Waals surface area contributed by atoms with Crippen molar-refractivity contribution in [3.05, 3.63) is 24.3 Å². The first-order valence-corrected chi connectivity index (χ1v) is 6.78. The number of ether oxygens (including phenoxy) is 2. The minimum absolute atomic E-state index is 0.0348. The Kier molecular flexibility index (Phi) is 4.67. The Morgan fingerprint density at radius 2 is 1.86 bits per heavy atom. The highest BCUT2D eigenvalue weighted by molar-refractivity contribution is 5.80. The summed E-state index contributed by atoms with van der Waals surface area (Å²) in [4.78, 5) is 24.6. The van der Waals surface area contributed by atoms with Crippen molar-refractivity contribution < 1.29 is 24.2 Å². The quantitative estimate of drug-likeness (QED) is 0.884. The molecule has 0 aromatic heterocycles. The summed E-state index contributed by atoms with van der Waals surface area (Å²) in [6.07, 6.45) is 0. The van der Waals surface area contributed by atoms with Crippen LogP contribution in [0.5, 0.6) is 11.5 Å². The van der Waals surface area contributed by atoms with Gasteiger partial charge in [-0.2, -0.15) is 0 Å². The van der Waals surface area contributed by atoms with Crippen molar-refractivity contribution in [3.8, 4) is 11.5 Å². The number of amides is 1. The Balaban J connectivity index is 1.86. The van der Waals surface area contributed by atoms with E-state index in [9.17, 15) is 9.59 Å². The third-order valence-corrected chi connectivity index (χ3v) is 3.70. The van der Waals surface area contributed by atoms with Gasteiger partial charge in [0.1, 0.15) is 11.5 Å². The predicted molar refractivity (Wildman–Crippen MR) is 75.4 cm³/mol. The van der Waals surface area contributed by atoms with Gasteiger partial charge in [-0.15, -0.1) is 0 Å². The molecular weight excluding hydrogens is 274 g/mol. The Morgan fingerprint density at radius 3 is 2.38 bits per heavy atom. The highest BCUT2D eigenvalue weighted by Gasteiger charge is 2.36. The third kappa shape index (κ3) is 3.65. The molecule has 0 bridgehead atoms. The molecule has 2 unspecified atom stereocenters. The maximum atomic E-state index is 12.0. The number of benzene rings is 1. The smallest absolute Gasteiger partial charge is 0.308 e. The molecule has 2 rings (SSSR count). The lowest BCUT2D eigenvalue weighted by atomic mass is 9.99. The molecule has 6 nitrogen and oxygen atoms in total. The van der Waals surface area contributed by atoms with Crippen molar-refractivity contribution >= 4 is 11.9 Å². The Bertz CT molecular complexity index is 513. The lowest BCUT2D eigenvalue weighted by Crippen LogP contribution is -2.33. The minimum Gasteiger partial charge on any atom is -0.497 e. The second-order valence-corrected chi connectivity index (χ2v) is 5.18. The summed E-state index contributed by atoms with van der Waals surface area (Å²) >= 11 is 0. The van der Waals surface area contributed by atoms with Crippen molar-refractivity contribution in [2.24, 2.45) is 11.8 Å². The van der Waals surface area contributed by atoms with Gasteiger partial charge in [0, 0.05) is 13.1 Å². The van der Waals surface area contributed by atoms with Crippen LogP contribution in [-0.4, -0.2) is 48.7 Å². The summed E-state index contributed by atoms with van der Waals surface area (Å²) in [5.74, 6) is -0.282. The molecule has 0 radical (unpaired) electrons. The van der Waals surface area contributed by atoms with Gasteiger partial charge in [-0.25, -0.2) is 0 Å². The van der Waals surface area contributed by atoms with E-state index in [1.54, 1.807) is 36.3 Å². The number of methoxy groups -OCH3 is 1. The van der Waals surface area contributed by atoms with Gasteiger partial charge in [0.05, 0.1) is 13.0 Å². The first-order valence-electron chi connectivity index (χ1n) is 6.78. The van der Waals surface area contributed by atoms with Gasteiger partial charge in [0.2, 0.25) is 0 Å². The molecule has 1 aliphatic rings. The van der Waals surface area contributed by atoms with Crippen LogP contribution in [-0.2, 0) is 9.59 Å². The molecule has 0 aliphatic carbocycles. The van der Waals surface area contributed by atoms with E-state index < -0.39 is 11.9 Å². The summed E-state index contributed by atoms with van der Waals surface area (Å²) in [6, 6.07) is 6.94. The molecule has 1 aliphatic heterocycles. The fraction of sp³-hybridized carbons (Fsp3) is 0.467. The van der Waals surface area contributed by atoms with Gasteiger partial charge in [-0.3, -0.25) is 9.59 Å². The number of carboxylic acids is 1. The van der Waals surface area contributed by atoms with Gasteiger partial charge in [0.25, 0.3) is 5.91 Å². The molecular formula is C15H19NO5. The normalized spacial score (nSPS) is 21.1. The van der Waals surface area contributed by atoms with E-state index >= 15 is 0 Å². The molecule has 114 valence electrons. The lowest BCUT2D eigenvalue weighted by molar-refractivity contribution is -0.142. The highest BCUT2D eigenvalue weighted by Crippen LogP contribution is 2.23. The molecule has 1 heterocycles. The Labute approximate surface area is 123 Å². The van der Waals surface area contributed by atoms with E-state index in [1.807, 2.05) is 6.92 Å². The molecule has 0 saturated carbocycles. The molecule has 1 N–H and O–H groups in total. The molecule has 0 spiro atoms. The second kappa shape index (κ2) is 6.47. The molecule has 1 aromatic rings. The van der Waals surface area contributed by atoms with Crippen molar-refractivity contribution in [1.29, 1.82) is 0 Å². The predicted octanol–water partition coefficient (Wildman–Crippen LogP) is 1.25. The average Bonchev–Trinajstić information content (AvgIpc) is 2.87. The van der Waals surface area contributed by atoms with E-state index in [4.69, 9.17) is 14.6 Å². The lowest BCUT2D eigenvalue weighted by Gasteiger charge is -2.16.